The minimum absolute atomic E-state index is 0.0406. The molecular weight excluding hydrogens is 192 g/mol. The number of unbranched alkanes of at least 4 members (excludes halogenated alkanes) is 1. The van der Waals surface area contributed by atoms with Crippen molar-refractivity contribution in [1.29, 1.82) is 0 Å². The molecule has 1 unspecified atom stereocenters. The largest absolute Gasteiger partial charge is 0.385 e. The van der Waals surface area contributed by atoms with E-state index in [0.717, 1.165) is 25.9 Å². The molecule has 90 valence electrons. The van der Waals surface area contributed by atoms with Crippen LogP contribution in [0.3, 0.4) is 0 Å². The van der Waals surface area contributed by atoms with Crippen LogP contribution in [0, 0.1) is 5.92 Å². The molecule has 4 nitrogen and oxygen atoms in total. The average molecular weight is 216 g/mol. The molecule has 0 aliphatic heterocycles. The number of rotatable bonds is 8. The molecule has 0 saturated carbocycles. The van der Waals surface area contributed by atoms with Crippen LogP contribution in [-0.2, 0) is 9.53 Å². The van der Waals surface area contributed by atoms with Gasteiger partial charge in [-0.05, 0) is 25.2 Å². The predicted octanol–water partition coefficient (Wildman–Crippen LogP) is 0.903. The van der Waals surface area contributed by atoms with Crippen molar-refractivity contribution < 1.29 is 9.53 Å². The van der Waals surface area contributed by atoms with Crippen molar-refractivity contribution in [3.63, 3.8) is 0 Å². The maximum absolute atomic E-state index is 11.4. The molecule has 0 aliphatic rings. The molecule has 15 heavy (non-hydrogen) atoms. The van der Waals surface area contributed by atoms with E-state index in [1.54, 1.807) is 7.11 Å². The molecule has 3 N–H and O–H groups in total. The van der Waals surface area contributed by atoms with Crippen LogP contribution >= 0.6 is 0 Å². The zero-order chi connectivity index (χ0) is 11.7. The molecule has 0 aromatic heterocycles. The Morgan fingerprint density at radius 1 is 1.40 bits per heavy atom. The molecule has 0 saturated heterocycles. The number of nitrogens with one attached hydrogen (secondary N) is 1. The Bertz CT molecular complexity index is 172. The Hall–Kier alpha value is -0.610. The van der Waals surface area contributed by atoms with E-state index in [1.807, 2.05) is 0 Å². The second kappa shape index (κ2) is 8.68. The fraction of sp³-hybridized carbons (Fsp3) is 0.909. The number of nitrogens with two attached hydrogens (primary N) is 1. The SMILES string of the molecule is COCCCCNC(=O)C(N)CC(C)C. The lowest BCUT2D eigenvalue weighted by Crippen LogP contribution is -2.41. The zero-order valence-electron chi connectivity index (χ0n) is 10.1. The highest BCUT2D eigenvalue weighted by Gasteiger charge is 2.13. The average Bonchev–Trinajstić information content (AvgIpc) is 2.16. The minimum atomic E-state index is -0.368. The summed E-state index contributed by atoms with van der Waals surface area (Å²) in [5, 5.41) is 2.83. The second-order valence-corrected chi connectivity index (χ2v) is 4.23. The van der Waals surface area contributed by atoms with Crippen LogP contribution in [0.2, 0.25) is 0 Å². The van der Waals surface area contributed by atoms with Crippen LogP contribution in [0.25, 0.3) is 0 Å². The molecule has 0 aromatic carbocycles. The Kier molecular flexibility index (Phi) is 8.33. The van der Waals surface area contributed by atoms with E-state index in [0.29, 0.717) is 12.5 Å². The summed E-state index contributed by atoms with van der Waals surface area (Å²) in [5.41, 5.74) is 5.72. The summed E-state index contributed by atoms with van der Waals surface area (Å²) in [5.74, 6) is 0.417. The highest BCUT2D eigenvalue weighted by atomic mass is 16.5. The van der Waals surface area contributed by atoms with Gasteiger partial charge in [0.1, 0.15) is 0 Å². The third-order valence-electron chi connectivity index (χ3n) is 2.14. The Labute approximate surface area is 92.6 Å². The molecule has 0 fully saturated rings. The van der Waals surface area contributed by atoms with E-state index < -0.39 is 0 Å². The van der Waals surface area contributed by atoms with Gasteiger partial charge in [-0.15, -0.1) is 0 Å². The van der Waals surface area contributed by atoms with Crippen LogP contribution in [0.4, 0.5) is 0 Å². The molecule has 0 bridgehead atoms. The Morgan fingerprint density at radius 3 is 2.60 bits per heavy atom. The van der Waals surface area contributed by atoms with Crippen LogP contribution in [0.15, 0.2) is 0 Å². The molecule has 0 rings (SSSR count). The summed E-state index contributed by atoms with van der Waals surface area (Å²) >= 11 is 0. The fourth-order valence-electron chi connectivity index (χ4n) is 1.33. The summed E-state index contributed by atoms with van der Waals surface area (Å²) < 4.78 is 4.91. The number of hydrogen-bond acceptors (Lipinski definition) is 3. The number of carbonyl (C=O) groups excluding carboxylic acids is 1. The van der Waals surface area contributed by atoms with E-state index in [-0.39, 0.29) is 11.9 Å². The van der Waals surface area contributed by atoms with Gasteiger partial charge in [0, 0.05) is 20.3 Å². The van der Waals surface area contributed by atoms with Gasteiger partial charge in [-0.25, -0.2) is 0 Å². The topological polar surface area (TPSA) is 64.3 Å². The summed E-state index contributed by atoms with van der Waals surface area (Å²) in [4.78, 5) is 11.4. The fourth-order valence-corrected chi connectivity index (χ4v) is 1.33. The maximum Gasteiger partial charge on any atom is 0.236 e. The molecule has 0 heterocycles. The van der Waals surface area contributed by atoms with Crippen molar-refractivity contribution in [2.45, 2.75) is 39.2 Å². The first kappa shape index (κ1) is 14.4. The molecule has 4 heteroatoms. The first-order valence-electron chi connectivity index (χ1n) is 5.60. The highest BCUT2D eigenvalue weighted by Crippen LogP contribution is 2.02. The summed E-state index contributed by atoms with van der Waals surface area (Å²) in [6.45, 7) is 5.55. The van der Waals surface area contributed by atoms with Crippen molar-refractivity contribution in [3.05, 3.63) is 0 Å². The predicted molar refractivity (Wildman–Crippen MR) is 61.6 cm³/mol. The van der Waals surface area contributed by atoms with Crippen LogP contribution in [0.5, 0.6) is 0 Å². The number of methoxy groups -OCH3 is 1. The molecule has 1 amide bonds. The number of ether oxygens (including phenoxy) is 1. The normalized spacial score (nSPS) is 12.9. The molecule has 0 radical (unpaired) electrons. The van der Waals surface area contributed by atoms with Gasteiger partial charge in [0.25, 0.3) is 0 Å². The zero-order valence-corrected chi connectivity index (χ0v) is 10.1. The maximum atomic E-state index is 11.4. The summed E-state index contributed by atoms with van der Waals surface area (Å²) in [7, 11) is 1.68. The van der Waals surface area contributed by atoms with Gasteiger partial charge in [0.15, 0.2) is 0 Å². The van der Waals surface area contributed by atoms with Gasteiger partial charge in [-0.2, -0.15) is 0 Å². The smallest absolute Gasteiger partial charge is 0.236 e. The van der Waals surface area contributed by atoms with Crippen LogP contribution in [0.1, 0.15) is 33.1 Å². The van der Waals surface area contributed by atoms with Gasteiger partial charge in [-0.1, -0.05) is 13.8 Å². The lowest BCUT2D eigenvalue weighted by atomic mass is 10.0. The first-order chi connectivity index (χ1) is 7.07. The summed E-state index contributed by atoms with van der Waals surface area (Å²) in [6.07, 6.45) is 2.65. The second-order valence-electron chi connectivity index (χ2n) is 4.23. The van der Waals surface area contributed by atoms with Gasteiger partial charge < -0.3 is 15.8 Å². The summed E-state index contributed by atoms with van der Waals surface area (Å²) in [6, 6.07) is -0.368. The molecule has 0 aliphatic carbocycles. The van der Waals surface area contributed by atoms with E-state index in [2.05, 4.69) is 19.2 Å². The molecule has 0 spiro atoms. The van der Waals surface area contributed by atoms with E-state index in [1.165, 1.54) is 0 Å². The van der Waals surface area contributed by atoms with Crippen molar-refractivity contribution in [2.75, 3.05) is 20.3 Å². The molecule has 1 atom stereocenters. The third kappa shape index (κ3) is 8.39. The van der Waals surface area contributed by atoms with Gasteiger partial charge >= 0.3 is 0 Å². The molecular formula is C11H24N2O2. The van der Waals surface area contributed by atoms with Crippen LogP contribution in [-0.4, -0.2) is 32.2 Å². The lowest BCUT2D eigenvalue weighted by Gasteiger charge is -2.13. The van der Waals surface area contributed by atoms with Gasteiger partial charge in [0.05, 0.1) is 6.04 Å². The van der Waals surface area contributed by atoms with Gasteiger partial charge in [-0.3, -0.25) is 4.79 Å². The first-order valence-corrected chi connectivity index (χ1v) is 5.60. The Balaban J connectivity index is 3.47. The van der Waals surface area contributed by atoms with E-state index >= 15 is 0 Å². The monoisotopic (exact) mass is 216 g/mol. The van der Waals surface area contributed by atoms with Crippen LogP contribution < -0.4 is 11.1 Å². The standard InChI is InChI=1S/C11H24N2O2/c1-9(2)8-10(12)11(14)13-6-4-5-7-15-3/h9-10H,4-8,12H2,1-3H3,(H,13,14). The Morgan fingerprint density at radius 2 is 2.07 bits per heavy atom. The third-order valence-corrected chi connectivity index (χ3v) is 2.14. The van der Waals surface area contributed by atoms with E-state index in [9.17, 15) is 4.79 Å². The number of hydrogen-bond donors (Lipinski definition) is 2. The molecule has 0 aromatic rings. The number of carbonyl (C=O) groups is 1. The van der Waals surface area contributed by atoms with E-state index in [4.69, 9.17) is 10.5 Å². The number of amides is 1. The highest BCUT2D eigenvalue weighted by molar-refractivity contribution is 5.81. The quantitative estimate of drug-likeness (QED) is 0.593. The van der Waals surface area contributed by atoms with Crippen molar-refractivity contribution >= 4 is 5.91 Å². The van der Waals surface area contributed by atoms with Crippen molar-refractivity contribution in [2.24, 2.45) is 11.7 Å². The van der Waals surface area contributed by atoms with Gasteiger partial charge in [0.2, 0.25) is 5.91 Å². The minimum Gasteiger partial charge on any atom is -0.385 e. The van der Waals surface area contributed by atoms with Crippen molar-refractivity contribution in [1.82, 2.24) is 5.32 Å². The van der Waals surface area contributed by atoms with Crippen molar-refractivity contribution in [3.8, 4) is 0 Å². The lowest BCUT2D eigenvalue weighted by molar-refractivity contribution is -0.122.